The maximum Gasteiger partial charge on any atom is 0.408 e. The molecule has 0 saturated carbocycles. The van der Waals surface area contributed by atoms with Gasteiger partial charge in [-0.25, -0.2) is 4.79 Å². The molecule has 1 N–H and O–H groups in total. The van der Waals surface area contributed by atoms with Gasteiger partial charge < -0.3 is 24.3 Å². The normalized spacial score (nSPS) is 16.1. The minimum absolute atomic E-state index is 0.105. The molecule has 0 aliphatic carbocycles. The third kappa shape index (κ3) is 6.28. The molecule has 0 bridgehead atoms. The molecule has 8 heteroatoms. The van der Waals surface area contributed by atoms with Crippen LogP contribution in [0.1, 0.15) is 51.4 Å². The van der Waals surface area contributed by atoms with Gasteiger partial charge in [0.05, 0.1) is 11.8 Å². The van der Waals surface area contributed by atoms with Crippen LogP contribution in [0, 0.1) is 5.92 Å². The van der Waals surface area contributed by atoms with Gasteiger partial charge in [-0.3, -0.25) is 9.59 Å². The maximum absolute atomic E-state index is 13.0. The molecule has 1 aromatic rings. The summed E-state index contributed by atoms with van der Waals surface area (Å²) in [4.78, 5) is 40.9. The van der Waals surface area contributed by atoms with Gasteiger partial charge in [0.1, 0.15) is 17.9 Å². The average Bonchev–Trinajstić information content (AvgIpc) is 3.12. The number of nitrogens with one attached hydrogen (secondary N) is 1. The Morgan fingerprint density at radius 3 is 2.25 bits per heavy atom. The molecule has 1 saturated heterocycles. The molecule has 3 amide bonds. The Morgan fingerprint density at radius 1 is 1.14 bits per heavy atom. The number of nitrogens with zero attached hydrogens (tertiary/aromatic N) is 2. The average molecular weight is 393 g/mol. The lowest BCUT2D eigenvalue weighted by molar-refractivity contribution is -0.135. The Hall–Kier alpha value is -2.51. The summed E-state index contributed by atoms with van der Waals surface area (Å²) in [5.74, 6) is -0.0192. The van der Waals surface area contributed by atoms with Crippen molar-refractivity contribution in [1.29, 1.82) is 0 Å². The highest BCUT2D eigenvalue weighted by Gasteiger charge is 2.31. The molecule has 1 aliphatic heterocycles. The van der Waals surface area contributed by atoms with E-state index >= 15 is 0 Å². The van der Waals surface area contributed by atoms with Crippen molar-refractivity contribution in [2.75, 3.05) is 26.2 Å². The topological polar surface area (TPSA) is 92.1 Å². The molecule has 1 fully saturated rings. The summed E-state index contributed by atoms with van der Waals surface area (Å²) in [5, 5.41) is 2.71. The number of hydrogen-bond donors (Lipinski definition) is 1. The van der Waals surface area contributed by atoms with E-state index in [2.05, 4.69) is 5.32 Å². The van der Waals surface area contributed by atoms with Crippen molar-refractivity contribution in [1.82, 2.24) is 15.1 Å². The Balaban J connectivity index is 1.95. The lowest BCUT2D eigenvalue weighted by Crippen LogP contribution is -2.56. The largest absolute Gasteiger partial charge is 0.472 e. The molecule has 1 atom stereocenters. The molecule has 1 aromatic heterocycles. The molecule has 0 aromatic carbocycles. The Labute approximate surface area is 166 Å². The predicted molar refractivity (Wildman–Crippen MR) is 104 cm³/mol. The fraction of sp³-hybridized carbons (Fsp3) is 0.650. The molecule has 0 radical (unpaired) electrons. The molecule has 2 heterocycles. The van der Waals surface area contributed by atoms with E-state index in [9.17, 15) is 14.4 Å². The third-order valence-corrected chi connectivity index (χ3v) is 4.34. The second-order valence-electron chi connectivity index (χ2n) is 8.46. The fourth-order valence-corrected chi connectivity index (χ4v) is 3.06. The molecule has 0 unspecified atom stereocenters. The van der Waals surface area contributed by atoms with E-state index in [1.54, 1.807) is 36.6 Å². The van der Waals surface area contributed by atoms with Gasteiger partial charge in [0, 0.05) is 26.2 Å². The van der Waals surface area contributed by atoms with Crippen LogP contribution in [0.15, 0.2) is 23.0 Å². The van der Waals surface area contributed by atoms with Gasteiger partial charge in [0.25, 0.3) is 5.91 Å². The number of rotatable bonds is 5. The van der Waals surface area contributed by atoms with Gasteiger partial charge in [0.2, 0.25) is 5.91 Å². The van der Waals surface area contributed by atoms with Crippen molar-refractivity contribution in [3.05, 3.63) is 24.2 Å². The van der Waals surface area contributed by atoms with Crippen molar-refractivity contribution < 1.29 is 23.5 Å². The molecular weight excluding hydrogens is 362 g/mol. The van der Waals surface area contributed by atoms with Crippen molar-refractivity contribution in [2.24, 2.45) is 5.92 Å². The number of hydrogen-bond acceptors (Lipinski definition) is 5. The summed E-state index contributed by atoms with van der Waals surface area (Å²) < 4.78 is 10.3. The molecular formula is C20H31N3O5. The van der Waals surface area contributed by atoms with E-state index in [4.69, 9.17) is 9.15 Å². The molecule has 8 nitrogen and oxygen atoms in total. The number of carbonyl (C=O) groups excluding carboxylic acids is 3. The number of ether oxygens (including phenoxy) is 1. The number of amides is 3. The second kappa shape index (κ2) is 9.12. The van der Waals surface area contributed by atoms with Crippen LogP contribution in [0.2, 0.25) is 0 Å². The van der Waals surface area contributed by atoms with Crippen molar-refractivity contribution in [3.63, 3.8) is 0 Å². The van der Waals surface area contributed by atoms with Gasteiger partial charge in [-0.05, 0) is 39.2 Å². The maximum atomic E-state index is 13.0. The standard InChI is InChI=1S/C20H31N3O5/c1-14(2)12-16(21-19(26)28-20(3,4)5)18(25)23-9-7-22(8-10-23)17(24)15-6-11-27-13-15/h6,11,13-14,16H,7-10,12H2,1-5H3,(H,21,26)/t16-/m0/s1. The summed E-state index contributed by atoms with van der Waals surface area (Å²) in [6.07, 6.45) is 2.81. The first kappa shape index (κ1) is 21.8. The van der Waals surface area contributed by atoms with Crippen molar-refractivity contribution in [3.8, 4) is 0 Å². The van der Waals surface area contributed by atoms with Crippen LogP contribution < -0.4 is 5.32 Å². The predicted octanol–water partition coefficient (Wildman–Crippen LogP) is 2.50. The summed E-state index contributed by atoms with van der Waals surface area (Å²) in [6, 6.07) is 0.981. The van der Waals surface area contributed by atoms with Crippen LogP contribution in [-0.2, 0) is 9.53 Å². The van der Waals surface area contributed by atoms with Crippen LogP contribution in [0.4, 0.5) is 4.79 Å². The first-order valence-electron chi connectivity index (χ1n) is 9.66. The third-order valence-electron chi connectivity index (χ3n) is 4.34. The van der Waals surface area contributed by atoms with Crippen molar-refractivity contribution >= 4 is 17.9 Å². The lowest BCUT2D eigenvalue weighted by Gasteiger charge is -2.36. The van der Waals surface area contributed by atoms with E-state index in [-0.39, 0.29) is 17.7 Å². The van der Waals surface area contributed by atoms with E-state index in [0.29, 0.717) is 38.2 Å². The van der Waals surface area contributed by atoms with Gasteiger partial charge in [0.15, 0.2) is 0 Å². The summed E-state index contributed by atoms with van der Waals surface area (Å²) in [6.45, 7) is 11.1. The molecule has 28 heavy (non-hydrogen) atoms. The van der Waals surface area contributed by atoms with Gasteiger partial charge in [-0.2, -0.15) is 0 Å². The first-order chi connectivity index (χ1) is 13.1. The smallest absolute Gasteiger partial charge is 0.408 e. The summed E-state index contributed by atoms with van der Waals surface area (Å²) in [7, 11) is 0. The van der Waals surface area contributed by atoms with Gasteiger partial charge >= 0.3 is 6.09 Å². The van der Waals surface area contributed by atoms with Crippen LogP contribution in [0.5, 0.6) is 0 Å². The van der Waals surface area contributed by atoms with Gasteiger partial charge in [-0.1, -0.05) is 13.8 Å². The molecule has 2 rings (SSSR count). The van der Waals surface area contributed by atoms with Crippen LogP contribution in [0.25, 0.3) is 0 Å². The minimum atomic E-state index is -0.647. The quantitative estimate of drug-likeness (QED) is 0.830. The zero-order valence-corrected chi connectivity index (χ0v) is 17.4. The Kier molecular flexibility index (Phi) is 7.10. The van der Waals surface area contributed by atoms with E-state index in [1.165, 1.54) is 12.5 Å². The Morgan fingerprint density at radius 2 is 1.75 bits per heavy atom. The summed E-state index contributed by atoms with van der Waals surface area (Å²) >= 11 is 0. The molecule has 156 valence electrons. The first-order valence-corrected chi connectivity index (χ1v) is 9.66. The highest BCUT2D eigenvalue weighted by atomic mass is 16.6. The highest BCUT2D eigenvalue weighted by molar-refractivity contribution is 5.94. The summed E-state index contributed by atoms with van der Waals surface area (Å²) in [5.41, 5.74) is -0.127. The second-order valence-corrected chi connectivity index (χ2v) is 8.46. The van der Waals surface area contributed by atoms with Crippen LogP contribution >= 0.6 is 0 Å². The van der Waals surface area contributed by atoms with Gasteiger partial charge in [-0.15, -0.1) is 0 Å². The molecule has 0 spiro atoms. The van der Waals surface area contributed by atoms with E-state index in [0.717, 1.165) is 0 Å². The van der Waals surface area contributed by atoms with Crippen molar-refractivity contribution in [2.45, 2.75) is 52.7 Å². The zero-order chi connectivity index (χ0) is 20.9. The van der Waals surface area contributed by atoms with Crippen LogP contribution in [0.3, 0.4) is 0 Å². The number of piperazine rings is 1. The molecule has 1 aliphatic rings. The lowest BCUT2D eigenvalue weighted by atomic mass is 10.0. The highest BCUT2D eigenvalue weighted by Crippen LogP contribution is 2.14. The number of alkyl carbamates (subject to hydrolysis) is 1. The Bertz CT molecular complexity index is 671. The monoisotopic (exact) mass is 393 g/mol. The SMILES string of the molecule is CC(C)C[C@H](NC(=O)OC(C)(C)C)C(=O)N1CCN(C(=O)c2ccoc2)CC1. The number of furan rings is 1. The zero-order valence-electron chi connectivity index (χ0n) is 17.4. The van der Waals surface area contributed by atoms with Crippen LogP contribution in [-0.4, -0.2) is 65.5 Å². The number of carbonyl (C=O) groups is 3. The van der Waals surface area contributed by atoms with E-state index in [1.807, 2.05) is 13.8 Å². The minimum Gasteiger partial charge on any atom is -0.472 e. The fourth-order valence-electron chi connectivity index (χ4n) is 3.06. The van der Waals surface area contributed by atoms with E-state index < -0.39 is 17.7 Å².